The lowest BCUT2D eigenvalue weighted by atomic mass is 10.1. The maximum atomic E-state index is 5.75. The third kappa shape index (κ3) is 8.91. The molecule has 0 amide bonds. The number of hydrogen-bond donors (Lipinski definition) is 2. The molecular weight excluding hydrogens is 527 g/mol. The summed E-state index contributed by atoms with van der Waals surface area (Å²) in [6.45, 7) is 7.51. The van der Waals surface area contributed by atoms with Crippen LogP contribution in [-0.2, 0) is 16.0 Å². The number of rotatable bonds is 11. The minimum atomic E-state index is 0. The molecule has 1 aliphatic heterocycles. The van der Waals surface area contributed by atoms with E-state index in [1.165, 1.54) is 0 Å². The average molecular weight is 561 g/mol. The van der Waals surface area contributed by atoms with E-state index in [0.717, 1.165) is 80.3 Å². The van der Waals surface area contributed by atoms with Gasteiger partial charge in [-0.2, -0.15) is 0 Å². The Balaban J connectivity index is 0.00000341. The van der Waals surface area contributed by atoms with E-state index in [1.54, 1.807) is 18.4 Å². The molecule has 3 rings (SSSR count). The van der Waals surface area contributed by atoms with Crippen molar-refractivity contribution < 1.29 is 14.2 Å². The number of benzene rings is 1. The topological polar surface area (TPSA) is 77.0 Å². The number of aromatic nitrogens is 1. The predicted molar refractivity (Wildman–Crippen MR) is 137 cm³/mol. The molecular formula is C22H33IN4O3S. The second-order valence-corrected chi connectivity index (χ2v) is 8.01. The Morgan fingerprint density at radius 2 is 2.13 bits per heavy atom. The van der Waals surface area contributed by atoms with Gasteiger partial charge in [-0.1, -0.05) is 0 Å². The minimum Gasteiger partial charge on any atom is -0.497 e. The van der Waals surface area contributed by atoms with Gasteiger partial charge in [0.05, 0.1) is 32.6 Å². The third-order valence-corrected chi connectivity index (χ3v) is 5.71. The molecule has 0 spiro atoms. The molecule has 9 heteroatoms. The van der Waals surface area contributed by atoms with Crippen LogP contribution in [-0.4, -0.2) is 57.6 Å². The number of hydrogen-bond acceptors (Lipinski definition) is 6. The summed E-state index contributed by atoms with van der Waals surface area (Å²) in [7, 11) is 1.67. The van der Waals surface area contributed by atoms with Crippen LogP contribution in [0.1, 0.15) is 25.5 Å². The summed E-state index contributed by atoms with van der Waals surface area (Å²) >= 11 is 1.63. The van der Waals surface area contributed by atoms with E-state index in [9.17, 15) is 0 Å². The summed E-state index contributed by atoms with van der Waals surface area (Å²) in [5.41, 5.74) is 2.05. The molecule has 1 unspecified atom stereocenters. The highest BCUT2D eigenvalue weighted by Gasteiger charge is 2.15. The molecule has 2 heterocycles. The lowest BCUT2D eigenvalue weighted by molar-refractivity contribution is 0.0888. The van der Waals surface area contributed by atoms with Crippen LogP contribution >= 0.6 is 35.3 Å². The molecule has 1 saturated heterocycles. The minimum absolute atomic E-state index is 0. The fraction of sp³-hybridized carbons (Fsp3) is 0.545. The molecule has 1 aromatic carbocycles. The molecule has 0 bridgehead atoms. The van der Waals surface area contributed by atoms with Crippen LogP contribution in [0.3, 0.4) is 0 Å². The number of thiazole rings is 1. The molecule has 172 valence electrons. The highest BCUT2D eigenvalue weighted by molar-refractivity contribution is 14.0. The number of halogens is 1. The van der Waals surface area contributed by atoms with Gasteiger partial charge in [-0.3, -0.25) is 0 Å². The second-order valence-electron chi connectivity index (χ2n) is 7.15. The zero-order valence-electron chi connectivity index (χ0n) is 18.3. The van der Waals surface area contributed by atoms with Gasteiger partial charge in [-0.15, -0.1) is 35.3 Å². The standard InChI is InChI=1S/C22H32N4O3S.HI/c1-3-23-22(24-10-4-11-28-14-17-9-12-29-15-17)25-13-19-16-30-21(26-19)18-5-7-20(27-2)8-6-18;/h5-8,16-17H,3-4,9-15H2,1-2H3,(H2,23,24,25);1H. The summed E-state index contributed by atoms with van der Waals surface area (Å²) in [4.78, 5) is 9.37. The van der Waals surface area contributed by atoms with Crippen LogP contribution in [0.2, 0.25) is 0 Å². The number of methoxy groups -OCH3 is 1. The molecule has 2 aromatic rings. The van der Waals surface area contributed by atoms with Gasteiger partial charge in [0.2, 0.25) is 0 Å². The number of aliphatic imine (C=N–C) groups is 1. The number of ether oxygens (including phenoxy) is 3. The zero-order chi connectivity index (χ0) is 21.0. The van der Waals surface area contributed by atoms with E-state index in [1.807, 2.05) is 24.3 Å². The molecule has 31 heavy (non-hydrogen) atoms. The van der Waals surface area contributed by atoms with Crippen LogP contribution in [0.4, 0.5) is 0 Å². The van der Waals surface area contributed by atoms with Crippen molar-refractivity contribution in [1.82, 2.24) is 15.6 Å². The van der Waals surface area contributed by atoms with E-state index in [4.69, 9.17) is 19.2 Å². The van der Waals surface area contributed by atoms with Crippen molar-refractivity contribution in [3.63, 3.8) is 0 Å². The van der Waals surface area contributed by atoms with Gasteiger partial charge < -0.3 is 24.8 Å². The summed E-state index contributed by atoms with van der Waals surface area (Å²) in [6, 6.07) is 7.95. The van der Waals surface area contributed by atoms with Crippen molar-refractivity contribution in [2.45, 2.75) is 26.3 Å². The molecule has 0 saturated carbocycles. The van der Waals surface area contributed by atoms with Gasteiger partial charge in [-0.05, 0) is 44.0 Å². The maximum absolute atomic E-state index is 5.75. The van der Waals surface area contributed by atoms with Crippen molar-refractivity contribution >= 4 is 41.3 Å². The lowest BCUT2D eigenvalue weighted by Crippen LogP contribution is -2.38. The Morgan fingerprint density at radius 1 is 1.29 bits per heavy atom. The van der Waals surface area contributed by atoms with Crippen LogP contribution in [0.15, 0.2) is 34.6 Å². The Morgan fingerprint density at radius 3 is 2.84 bits per heavy atom. The van der Waals surface area contributed by atoms with E-state index in [-0.39, 0.29) is 24.0 Å². The Bertz CT molecular complexity index is 779. The van der Waals surface area contributed by atoms with Crippen LogP contribution in [0.25, 0.3) is 10.6 Å². The molecule has 2 N–H and O–H groups in total. The van der Waals surface area contributed by atoms with Crippen molar-refractivity contribution in [1.29, 1.82) is 0 Å². The lowest BCUT2D eigenvalue weighted by Gasteiger charge is -2.12. The summed E-state index contributed by atoms with van der Waals surface area (Å²) in [5, 5.41) is 9.70. The van der Waals surface area contributed by atoms with Gasteiger partial charge in [0, 0.05) is 43.2 Å². The van der Waals surface area contributed by atoms with Gasteiger partial charge in [0.15, 0.2) is 5.96 Å². The van der Waals surface area contributed by atoms with E-state index < -0.39 is 0 Å². The zero-order valence-corrected chi connectivity index (χ0v) is 21.4. The van der Waals surface area contributed by atoms with Gasteiger partial charge in [0.25, 0.3) is 0 Å². The largest absolute Gasteiger partial charge is 0.497 e. The first-order valence-electron chi connectivity index (χ1n) is 10.5. The Hall–Kier alpha value is -1.43. The van der Waals surface area contributed by atoms with Crippen LogP contribution < -0.4 is 15.4 Å². The molecule has 0 radical (unpaired) electrons. The maximum Gasteiger partial charge on any atom is 0.191 e. The van der Waals surface area contributed by atoms with Crippen LogP contribution in [0, 0.1) is 5.92 Å². The number of nitrogens with one attached hydrogen (secondary N) is 2. The predicted octanol–water partition coefficient (Wildman–Crippen LogP) is 3.94. The second kappa shape index (κ2) is 14.6. The molecule has 0 aliphatic carbocycles. The normalized spacial score (nSPS) is 16.1. The third-order valence-electron chi connectivity index (χ3n) is 4.77. The van der Waals surface area contributed by atoms with Gasteiger partial charge in [-0.25, -0.2) is 9.98 Å². The quantitative estimate of drug-likeness (QED) is 0.188. The molecule has 7 nitrogen and oxygen atoms in total. The first-order chi connectivity index (χ1) is 14.8. The van der Waals surface area contributed by atoms with E-state index in [0.29, 0.717) is 12.5 Å². The molecule has 1 aliphatic rings. The first-order valence-corrected chi connectivity index (χ1v) is 11.4. The van der Waals surface area contributed by atoms with Crippen molar-refractivity contribution in [2.24, 2.45) is 10.9 Å². The van der Waals surface area contributed by atoms with E-state index in [2.05, 4.69) is 27.9 Å². The molecule has 1 fully saturated rings. The monoisotopic (exact) mass is 560 g/mol. The van der Waals surface area contributed by atoms with Crippen LogP contribution in [0.5, 0.6) is 5.75 Å². The highest BCUT2D eigenvalue weighted by atomic mass is 127. The van der Waals surface area contributed by atoms with E-state index >= 15 is 0 Å². The van der Waals surface area contributed by atoms with Crippen molar-refractivity contribution in [2.75, 3.05) is 46.6 Å². The van der Waals surface area contributed by atoms with Crippen molar-refractivity contribution in [3.8, 4) is 16.3 Å². The average Bonchev–Trinajstić information content (AvgIpc) is 3.46. The molecule has 1 aromatic heterocycles. The Kier molecular flexibility index (Phi) is 12.2. The Labute approximate surface area is 206 Å². The van der Waals surface area contributed by atoms with Gasteiger partial charge in [0.1, 0.15) is 10.8 Å². The fourth-order valence-electron chi connectivity index (χ4n) is 3.09. The summed E-state index contributed by atoms with van der Waals surface area (Å²) in [5.74, 6) is 2.22. The summed E-state index contributed by atoms with van der Waals surface area (Å²) < 4.78 is 16.3. The number of nitrogens with zero attached hydrogens (tertiary/aromatic N) is 2. The van der Waals surface area contributed by atoms with Crippen molar-refractivity contribution in [3.05, 3.63) is 35.3 Å². The SMILES string of the molecule is CCNC(=NCc1csc(-c2ccc(OC)cc2)n1)NCCCOCC1CCOC1.I. The fourth-order valence-corrected chi connectivity index (χ4v) is 3.91. The highest BCUT2D eigenvalue weighted by Crippen LogP contribution is 2.25. The molecule has 1 atom stereocenters. The van der Waals surface area contributed by atoms with Gasteiger partial charge >= 0.3 is 0 Å². The first kappa shape index (κ1) is 25.8. The number of guanidine groups is 1. The summed E-state index contributed by atoms with van der Waals surface area (Å²) in [6.07, 6.45) is 2.06. The smallest absolute Gasteiger partial charge is 0.191 e.